The number of benzene rings is 1. The molecular weight excluding hydrogens is 306 g/mol. The molecule has 3 rings (SSSR count). The first-order valence-corrected chi connectivity index (χ1v) is 7.60. The summed E-state index contributed by atoms with van der Waals surface area (Å²) in [5.41, 5.74) is 9.57. The van der Waals surface area contributed by atoms with Gasteiger partial charge in [0, 0.05) is 11.6 Å². The zero-order valence-corrected chi connectivity index (χ0v) is 13.8. The first-order valence-electron chi connectivity index (χ1n) is 7.60. The molecule has 0 fully saturated rings. The molecule has 0 atom stereocenters. The summed E-state index contributed by atoms with van der Waals surface area (Å²) in [5.74, 6) is 0.378. The molecule has 8 heteroatoms. The topological polar surface area (TPSA) is 107 Å². The van der Waals surface area contributed by atoms with Crippen LogP contribution in [0.2, 0.25) is 0 Å². The van der Waals surface area contributed by atoms with E-state index < -0.39 is 0 Å². The summed E-state index contributed by atoms with van der Waals surface area (Å²) in [6, 6.07) is 5.17. The summed E-state index contributed by atoms with van der Waals surface area (Å²) in [4.78, 5) is 5.58. The predicted molar refractivity (Wildman–Crippen MR) is 91.5 cm³/mol. The molecule has 124 valence electrons. The van der Waals surface area contributed by atoms with Crippen molar-refractivity contribution in [3.8, 4) is 11.4 Å². The third kappa shape index (κ3) is 2.98. The van der Waals surface area contributed by atoms with Gasteiger partial charge in [0.1, 0.15) is 5.75 Å². The van der Waals surface area contributed by atoms with Crippen LogP contribution in [0.25, 0.3) is 5.69 Å². The number of imidazole rings is 1. The van der Waals surface area contributed by atoms with Gasteiger partial charge in [-0.1, -0.05) is 6.92 Å². The lowest BCUT2D eigenvalue weighted by atomic mass is 10.2. The largest absolute Gasteiger partial charge is 0.507 e. The number of aryl methyl sites for hydroxylation is 3. The monoisotopic (exact) mass is 325 g/mol. The van der Waals surface area contributed by atoms with E-state index in [1.165, 1.54) is 15.7 Å². The molecule has 0 amide bonds. The summed E-state index contributed by atoms with van der Waals surface area (Å²) in [6.07, 6.45) is 4.05. The van der Waals surface area contributed by atoms with Gasteiger partial charge in [0.15, 0.2) is 0 Å². The molecular formula is C16H19N7O. The van der Waals surface area contributed by atoms with Gasteiger partial charge in [0.05, 0.1) is 35.2 Å². The Hall–Kier alpha value is -3.16. The smallest absolute Gasteiger partial charge is 0.221 e. The number of phenolic OH excluding ortho intramolecular Hbond substituents is 1. The van der Waals surface area contributed by atoms with Crippen molar-refractivity contribution in [1.82, 2.24) is 24.7 Å². The lowest BCUT2D eigenvalue weighted by molar-refractivity contribution is 0.473. The van der Waals surface area contributed by atoms with Crippen molar-refractivity contribution in [3.05, 3.63) is 47.0 Å². The van der Waals surface area contributed by atoms with Crippen LogP contribution >= 0.6 is 0 Å². The van der Waals surface area contributed by atoms with Crippen LogP contribution in [0.1, 0.15) is 29.6 Å². The minimum atomic E-state index is 0.0830. The van der Waals surface area contributed by atoms with Crippen molar-refractivity contribution in [3.63, 3.8) is 0 Å². The average molecular weight is 325 g/mol. The summed E-state index contributed by atoms with van der Waals surface area (Å²) in [6.45, 7) is 5.78. The van der Waals surface area contributed by atoms with Crippen LogP contribution in [0.4, 0.5) is 5.95 Å². The summed E-state index contributed by atoms with van der Waals surface area (Å²) in [5, 5.41) is 23.2. The lowest BCUT2D eigenvalue weighted by Crippen LogP contribution is -2.00. The van der Waals surface area contributed by atoms with E-state index in [-0.39, 0.29) is 5.75 Å². The maximum atomic E-state index is 10.2. The molecule has 1 aromatic carbocycles. The van der Waals surface area contributed by atoms with Crippen LogP contribution in [0.15, 0.2) is 29.5 Å². The quantitative estimate of drug-likeness (QED) is 0.711. The highest BCUT2D eigenvalue weighted by Gasteiger charge is 2.09. The van der Waals surface area contributed by atoms with Crippen molar-refractivity contribution in [2.24, 2.45) is 5.10 Å². The Balaban J connectivity index is 1.88. The predicted octanol–water partition coefficient (Wildman–Crippen LogP) is 1.81. The summed E-state index contributed by atoms with van der Waals surface area (Å²) < 4.78 is 1.45. The second-order valence-electron chi connectivity index (χ2n) is 5.45. The van der Waals surface area contributed by atoms with Gasteiger partial charge in [-0.05, 0) is 32.4 Å². The Labute approximate surface area is 139 Å². The second-order valence-corrected chi connectivity index (χ2v) is 5.45. The van der Waals surface area contributed by atoms with E-state index >= 15 is 0 Å². The molecule has 0 saturated carbocycles. The van der Waals surface area contributed by atoms with E-state index in [9.17, 15) is 5.11 Å². The highest BCUT2D eigenvalue weighted by Crippen LogP contribution is 2.20. The number of anilines is 1. The van der Waals surface area contributed by atoms with E-state index in [0.29, 0.717) is 17.2 Å². The highest BCUT2D eigenvalue weighted by molar-refractivity contribution is 5.83. The maximum Gasteiger partial charge on any atom is 0.221 e. The minimum absolute atomic E-state index is 0.0830. The lowest BCUT2D eigenvalue weighted by Gasteiger charge is -2.03. The van der Waals surface area contributed by atoms with Gasteiger partial charge < -0.3 is 10.8 Å². The Morgan fingerprint density at radius 3 is 2.67 bits per heavy atom. The third-order valence-electron chi connectivity index (χ3n) is 3.61. The van der Waals surface area contributed by atoms with Crippen LogP contribution in [-0.4, -0.2) is 36.0 Å². The van der Waals surface area contributed by atoms with E-state index in [1.807, 2.05) is 26.8 Å². The average Bonchev–Trinajstić information content (AvgIpc) is 3.07. The molecule has 0 spiro atoms. The van der Waals surface area contributed by atoms with Gasteiger partial charge >= 0.3 is 0 Å². The van der Waals surface area contributed by atoms with Gasteiger partial charge in [0.2, 0.25) is 5.95 Å². The fourth-order valence-electron chi connectivity index (χ4n) is 2.34. The number of hydrogen-bond acceptors (Lipinski definition) is 6. The number of aromatic hydroxyl groups is 1. The molecule has 2 aromatic heterocycles. The van der Waals surface area contributed by atoms with Crippen molar-refractivity contribution in [2.75, 3.05) is 5.73 Å². The minimum Gasteiger partial charge on any atom is -0.507 e. The number of aromatic nitrogens is 5. The number of nitrogen functional groups attached to an aromatic ring is 1. The zero-order chi connectivity index (χ0) is 17.3. The summed E-state index contributed by atoms with van der Waals surface area (Å²) in [7, 11) is 0. The first kappa shape index (κ1) is 15.7. The van der Waals surface area contributed by atoms with Gasteiger partial charge in [0.25, 0.3) is 0 Å². The summed E-state index contributed by atoms with van der Waals surface area (Å²) >= 11 is 0. The molecule has 0 saturated heterocycles. The molecule has 2 heterocycles. The van der Waals surface area contributed by atoms with Gasteiger partial charge in [-0.2, -0.15) is 20.1 Å². The molecule has 0 aliphatic rings. The van der Waals surface area contributed by atoms with E-state index in [4.69, 9.17) is 5.73 Å². The standard InChI is InChI=1S/C16H19N7O/c1-4-14-11(3)20-23(21-14)13-6-5-12(15(24)7-13)8-18-22-9-10(2)19-16(22)17/h5-9,24H,4H2,1-3H3,(H2,17,19). The number of nitrogens with two attached hydrogens (primary N) is 1. The van der Waals surface area contributed by atoms with Crippen molar-refractivity contribution >= 4 is 12.2 Å². The van der Waals surface area contributed by atoms with Gasteiger partial charge in [-0.3, -0.25) is 0 Å². The molecule has 8 nitrogen and oxygen atoms in total. The SMILES string of the molecule is CCc1nn(-c2ccc(C=Nn3cc(C)nc3N)c(O)c2)nc1C. The van der Waals surface area contributed by atoms with E-state index in [2.05, 4.69) is 20.3 Å². The van der Waals surface area contributed by atoms with Crippen LogP contribution < -0.4 is 5.73 Å². The molecule has 0 unspecified atom stereocenters. The second kappa shape index (κ2) is 6.15. The molecule has 24 heavy (non-hydrogen) atoms. The van der Waals surface area contributed by atoms with Crippen LogP contribution in [0, 0.1) is 13.8 Å². The maximum absolute atomic E-state index is 10.2. The van der Waals surface area contributed by atoms with E-state index in [1.54, 1.807) is 18.3 Å². The molecule has 0 radical (unpaired) electrons. The Morgan fingerprint density at radius 2 is 2.08 bits per heavy atom. The van der Waals surface area contributed by atoms with Crippen molar-refractivity contribution in [1.29, 1.82) is 0 Å². The first-order chi connectivity index (χ1) is 11.5. The normalized spacial score (nSPS) is 11.5. The molecule has 0 aliphatic carbocycles. The van der Waals surface area contributed by atoms with Gasteiger partial charge in [-0.15, -0.1) is 0 Å². The fourth-order valence-corrected chi connectivity index (χ4v) is 2.34. The molecule has 3 aromatic rings. The number of hydrogen-bond donors (Lipinski definition) is 2. The van der Waals surface area contributed by atoms with Crippen LogP contribution in [-0.2, 0) is 6.42 Å². The number of nitrogens with zero attached hydrogens (tertiary/aromatic N) is 6. The number of rotatable bonds is 4. The Morgan fingerprint density at radius 1 is 1.29 bits per heavy atom. The Kier molecular flexibility index (Phi) is 4.03. The highest BCUT2D eigenvalue weighted by atomic mass is 16.3. The van der Waals surface area contributed by atoms with Crippen molar-refractivity contribution < 1.29 is 5.11 Å². The van der Waals surface area contributed by atoms with E-state index in [0.717, 1.165) is 23.5 Å². The van der Waals surface area contributed by atoms with Crippen molar-refractivity contribution in [2.45, 2.75) is 27.2 Å². The molecule has 0 aliphatic heterocycles. The van der Waals surface area contributed by atoms with Crippen LogP contribution in [0.5, 0.6) is 5.75 Å². The van der Waals surface area contributed by atoms with Gasteiger partial charge in [-0.25, -0.2) is 9.66 Å². The zero-order valence-electron chi connectivity index (χ0n) is 13.8. The fraction of sp³-hybridized carbons (Fsp3) is 0.250. The van der Waals surface area contributed by atoms with Crippen LogP contribution in [0.3, 0.4) is 0 Å². The third-order valence-corrected chi connectivity index (χ3v) is 3.61. The Bertz CT molecular complexity index is 907. The number of phenols is 1. The molecule has 0 bridgehead atoms. The molecule has 3 N–H and O–H groups in total.